The third kappa shape index (κ3) is 3.78. The Kier molecular flexibility index (Phi) is 4.92. The van der Waals surface area contributed by atoms with Crippen molar-refractivity contribution in [1.29, 1.82) is 0 Å². The van der Waals surface area contributed by atoms with E-state index in [2.05, 4.69) is 15.4 Å². The van der Waals surface area contributed by atoms with Crippen LogP contribution in [0.1, 0.15) is 16.1 Å². The quantitative estimate of drug-likeness (QED) is 0.430. The highest BCUT2D eigenvalue weighted by Gasteiger charge is 2.41. The number of alkyl halides is 3. The fourth-order valence-electron chi connectivity index (χ4n) is 2.63. The molecule has 0 spiro atoms. The molecule has 1 aromatic carbocycles. The van der Waals surface area contributed by atoms with E-state index in [9.17, 15) is 22.4 Å². The predicted molar refractivity (Wildman–Crippen MR) is 102 cm³/mol. The van der Waals surface area contributed by atoms with Gasteiger partial charge in [0.1, 0.15) is 11.5 Å². The van der Waals surface area contributed by atoms with E-state index < -0.39 is 34.8 Å². The summed E-state index contributed by atoms with van der Waals surface area (Å²) in [7, 11) is 0. The number of anilines is 1. The van der Waals surface area contributed by atoms with Crippen molar-refractivity contribution in [3.8, 4) is 16.3 Å². The van der Waals surface area contributed by atoms with Crippen molar-refractivity contribution in [2.24, 2.45) is 0 Å². The van der Waals surface area contributed by atoms with Crippen LogP contribution in [0.2, 0.25) is 0 Å². The van der Waals surface area contributed by atoms with Crippen molar-refractivity contribution < 1.29 is 22.4 Å². The van der Waals surface area contributed by atoms with Crippen LogP contribution in [0.4, 0.5) is 22.7 Å². The highest BCUT2D eigenvalue weighted by Crippen LogP contribution is 2.35. The second kappa shape index (κ2) is 7.41. The molecule has 4 rings (SSSR count). The second-order valence-corrected chi connectivity index (χ2v) is 7.54. The van der Waals surface area contributed by atoms with E-state index in [1.54, 1.807) is 5.38 Å². The van der Waals surface area contributed by atoms with Gasteiger partial charge in [-0.3, -0.25) is 10.1 Å². The number of nitrogens with zero attached hydrogens (tertiary/aromatic N) is 3. The van der Waals surface area contributed by atoms with Crippen LogP contribution in [0.15, 0.2) is 53.4 Å². The standard InChI is InChI=1S/C18H10F4N4OS2/c19-11-4-1-2-5-13(11)26-15(18(20,21)22)10(8-23-26)16(27)25-17-24-12(9-29-17)14-6-3-7-28-14/h1-9H,(H,24,25,27). The molecule has 0 radical (unpaired) electrons. The zero-order valence-electron chi connectivity index (χ0n) is 14.3. The molecule has 11 heteroatoms. The van der Waals surface area contributed by atoms with E-state index in [1.165, 1.54) is 23.5 Å². The van der Waals surface area contributed by atoms with Crippen LogP contribution in [-0.4, -0.2) is 20.7 Å². The van der Waals surface area contributed by atoms with Gasteiger partial charge in [0.15, 0.2) is 10.8 Å². The molecule has 0 saturated heterocycles. The third-order valence-corrected chi connectivity index (χ3v) is 5.51. The van der Waals surface area contributed by atoms with Gasteiger partial charge in [0.05, 0.1) is 22.3 Å². The maximum Gasteiger partial charge on any atom is 0.434 e. The van der Waals surface area contributed by atoms with Crippen LogP contribution < -0.4 is 5.32 Å². The molecule has 1 amide bonds. The summed E-state index contributed by atoms with van der Waals surface area (Å²) in [5.41, 5.74) is -1.89. The van der Waals surface area contributed by atoms with Crippen molar-refractivity contribution in [3.05, 3.63) is 70.4 Å². The molecule has 0 aliphatic heterocycles. The Balaban J connectivity index is 1.68. The molecule has 4 aromatic rings. The highest BCUT2D eigenvalue weighted by atomic mass is 32.1. The first-order valence-corrected chi connectivity index (χ1v) is 9.81. The minimum Gasteiger partial charge on any atom is -0.298 e. The average molecular weight is 438 g/mol. The summed E-state index contributed by atoms with van der Waals surface area (Å²) in [6, 6.07) is 8.56. The Bertz CT molecular complexity index is 1160. The zero-order valence-corrected chi connectivity index (χ0v) is 15.9. The van der Waals surface area contributed by atoms with E-state index in [4.69, 9.17) is 0 Å². The predicted octanol–water partition coefficient (Wildman–Crippen LogP) is 5.47. The van der Waals surface area contributed by atoms with Crippen LogP contribution in [0.25, 0.3) is 16.3 Å². The van der Waals surface area contributed by atoms with Gasteiger partial charge in [0.25, 0.3) is 5.91 Å². The molecule has 3 heterocycles. The molecule has 0 fully saturated rings. The Morgan fingerprint density at radius 1 is 1.10 bits per heavy atom. The van der Waals surface area contributed by atoms with Crippen LogP contribution in [0, 0.1) is 5.82 Å². The van der Waals surface area contributed by atoms with Gasteiger partial charge >= 0.3 is 6.18 Å². The number of carbonyl (C=O) groups is 1. The number of aromatic nitrogens is 3. The van der Waals surface area contributed by atoms with Crippen LogP contribution in [0.5, 0.6) is 0 Å². The average Bonchev–Trinajstić information content (AvgIpc) is 3.41. The van der Waals surface area contributed by atoms with Crippen molar-refractivity contribution in [3.63, 3.8) is 0 Å². The molecule has 0 atom stereocenters. The van der Waals surface area contributed by atoms with E-state index >= 15 is 0 Å². The van der Waals surface area contributed by atoms with E-state index in [0.717, 1.165) is 34.5 Å². The second-order valence-electron chi connectivity index (χ2n) is 5.74. The lowest BCUT2D eigenvalue weighted by Crippen LogP contribution is -2.21. The van der Waals surface area contributed by atoms with Gasteiger partial charge in [-0.25, -0.2) is 14.1 Å². The van der Waals surface area contributed by atoms with Gasteiger partial charge in [-0.05, 0) is 23.6 Å². The molecule has 0 aliphatic rings. The molecule has 5 nitrogen and oxygen atoms in total. The number of hydrogen-bond donors (Lipinski definition) is 1. The fraction of sp³-hybridized carbons (Fsp3) is 0.0556. The number of carbonyl (C=O) groups excluding carboxylic acids is 1. The number of benzene rings is 1. The summed E-state index contributed by atoms with van der Waals surface area (Å²) in [6.45, 7) is 0. The first-order valence-electron chi connectivity index (χ1n) is 8.05. The van der Waals surface area contributed by atoms with Gasteiger partial charge in [-0.15, -0.1) is 22.7 Å². The lowest BCUT2D eigenvalue weighted by Gasteiger charge is -2.13. The maximum atomic E-state index is 14.0. The summed E-state index contributed by atoms with van der Waals surface area (Å²) in [4.78, 5) is 17.6. The molecule has 0 aliphatic carbocycles. The minimum atomic E-state index is -4.93. The number of rotatable bonds is 4. The van der Waals surface area contributed by atoms with Gasteiger partial charge in [-0.2, -0.15) is 18.3 Å². The van der Waals surface area contributed by atoms with Gasteiger partial charge in [0.2, 0.25) is 0 Å². The van der Waals surface area contributed by atoms with Crippen molar-refractivity contribution >= 4 is 33.7 Å². The Morgan fingerprint density at radius 3 is 2.59 bits per heavy atom. The number of halogens is 4. The molecule has 0 unspecified atom stereocenters. The molecule has 0 saturated carbocycles. The van der Waals surface area contributed by atoms with Crippen molar-refractivity contribution in [2.75, 3.05) is 5.32 Å². The molecular formula is C18H10F4N4OS2. The first kappa shape index (κ1) is 19.3. The maximum absolute atomic E-state index is 14.0. The number of amides is 1. The Labute approximate surface area is 169 Å². The zero-order chi connectivity index (χ0) is 20.6. The van der Waals surface area contributed by atoms with Crippen molar-refractivity contribution in [1.82, 2.24) is 14.8 Å². The smallest absolute Gasteiger partial charge is 0.298 e. The monoisotopic (exact) mass is 438 g/mol. The van der Waals surface area contributed by atoms with Crippen molar-refractivity contribution in [2.45, 2.75) is 6.18 Å². The summed E-state index contributed by atoms with van der Waals surface area (Å²) < 4.78 is 55.4. The van der Waals surface area contributed by atoms with E-state index in [0.29, 0.717) is 10.4 Å². The summed E-state index contributed by atoms with van der Waals surface area (Å²) in [5, 5.41) is 9.66. The first-order chi connectivity index (χ1) is 13.8. The summed E-state index contributed by atoms with van der Waals surface area (Å²) in [5.74, 6) is -1.93. The Hall–Kier alpha value is -3.05. The van der Waals surface area contributed by atoms with Crippen LogP contribution in [0.3, 0.4) is 0 Å². The Morgan fingerprint density at radius 2 is 1.90 bits per heavy atom. The van der Waals surface area contributed by atoms with Gasteiger partial charge in [0, 0.05) is 5.38 Å². The third-order valence-electron chi connectivity index (χ3n) is 3.86. The topological polar surface area (TPSA) is 59.8 Å². The fourth-order valence-corrected chi connectivity index (χ4v) is 4.09. The SMILES string of the molecule is O=C(Nc1nc(-c2cccs2)cs1)c1cnn(-c2ccccc2F)c1C(F)(F)F. The summed E-state index contributed by atoms with van der Waals surface area (Å²) in [6.07, 6.45) is -4.17. The van der Waals surface area contributed by atoms with Crippen LogP contribution in [-0.2, 0) is 6.18 Å². The molecular weight excluding hydrogens is 428 g/mol. The van der Waals surface area contributed by atoms with E-state index in [1.807, 2.05) is 17.5 Å². The van der Waals surface area contributed by atoms with E-state index in [-0.39, 0.29) is 5.13 Å². The minimum absolute atomic E-state index is 0.144. The van der Waals surface area contributed by atoms with Crippen LogP contribution >= 0.6 is 22.7 Å². The molecule has 148 valence electrons. The number of thiazole rings is 1. The number of hydrogen-bond acceptors (Lipinski definition) is 5. The number of nitrogens with one attached hydrogen (secondary N) is 1. The highest BCUT2D eigenvalue weighted by molar-refractivity contribution is 7.16. The molecule has 1 N–H and O–H groups in total. The molecule has 3 aromatic heterocycles. The molecule has 0 bridgehead atoms. The number of thiophene rings is 1. The van der Waals surface area contributed by atoms with Gasteiger partial charge in [-0.1, -0.05) is 18.2 Å². The largest absolute Gasteiger partial charge is 0.434 e. The lowest BCUT2D eigenvalue weighted by molar-refractivity contribution is -0.143. The normalized spacial score (nSPS) is 11.6. The molecule has 29 heavy (non-hydrogen) atoms. The summed E-state index contributed by atoms with van der Waals surface area (Å²) >= 11 is 2.53. The number of para-hydroxylation sites is 1. The lowest BCUT2D eigenvalue weighted by atomic mass is 10.2. The van der Waals surface area contributed by atoms with Gasteiger partial charge < -0.3 is 0 Å².